The van der Waals surface area contributed by atoms with Crippen LogP contribution in [0.3, 0.4) is 0 Å². The second-order valence-electron chi connectivity index (χ2n) is 7.71. The summed E-state index contributed by atoms with van der Waals surface area (Å²) in [4.78, 5) is 33.5. The summed E-state index contributed by atoms with van der Waals surface area (Å²) in [7, 11) is 0. The highest BCUT2D eigenvalue weighted by molar-refractivity contribution is 7.17. The Kier molecular flexibility index (Phi) is 7.23. The third-order valence-corrected chi connectivity index (χ3v) is 7.43. The number of aromatic nitrogens is 2. The van der Waals surface area contributed by atoms with E-state index in [4.69, 9.17) is 27.9 Å². The predicted molar refractivity (Wildman–Crippen MR) is 128 cm³/mol. The van der Waals surface area contributed by atoms with Crippen molar-refractivity contribution in [1.29, 1.82) is 0 Å². The lowest BCUT2D eigenvalue weighted by Crippen LogP contribution is -2.55. The van der Waals surface area contributed by atoms with E-state index in [0.717, 1.165) is 16.9 Å². The normalized spacial score (nSPS) is 18.3. The van der Waals surface area contributed by atoms with Crippen molar-refractivity contribution in [3.8, 4) is 0 Å². The van der Waals surface area contributed by atoms with E-state index in [1.54, 1.807) is 6.92 Å². The minimum atomic E-state index is -1.01. The van der Waals surface area contributed by atoms with Gasteiger partial charge < -0.3 is 25.0 Å². The largest absolute Gasteiger partial charge is 0.477 e. The van der Waals surface area contributed by atoms with E-state index in [2.05, 4.69) is 15.3 Å². The fraction of sp³-hybridized carbons (Fsp3) is 0.318. The van der Waals surface area contributed by atoms with Gasteiger partial charge in [0.15, 0.2) is 5.13 Å². The van der Waals surface area contributed by atoms with Crippen molar-refractivity contribution in [1.82, 2.24) is 15.3 Å². The monoisotopic (exact) mass is 508 g/mol. The minimum absolute atomic E-state index is 0.177. The number of hydrogen-bond donors (Lipinski definition) is 3. The van der Waals surface area contributed by atoms with Crippen molar-refractivity contribution >= 4 is 51.5 Å². The molecule has 0 bridgehead atoms. The van der Waals surface area contributed by atoms with E-state index in [1.165, 1.54) is 6.20 Å². The zero-order chi connectivity index (χ0) is 23.5. The first-order valence-electron chi connectivity index (χ1n) is 10.3. The fourth-order valence-electron chi connectivity index (χ4n) is 3.68. The van der Waals surface area contributed by atoms with Crippen molar-refractivity contribution in [3.05, 3.63) is 68.4 Å². The number of nitrogens with one attached hydrogen (secondary N) is 2. The van der Waals surface area contributed by atoms with Crippen LogP contribution in [0.1, 0.15) is 37.8 Å². The minimum Gasteiger partial charge on any atom is -0.477 e. The van der Waals surface area contributed by atoms with Crippen LogP contribution in [0.25, 0.3) is 0 Å². The number of hydrogen-bond acceptors (Lipinski definition) is 6. The van der Waals surface area contributed by atoms with Crippen molar-refractivity contribution in [2.75, 3.05) is 18.0 Å². The molecule has 1 fully saturated rings. The lowest BCUT2D eigenvalue weighted by atomic mass is 10.0. The number of thiazole rings is 1. The van der Waals surface area contributed by atoms with Crippen LogP contribution in [0, 0.1) is 6.92 Å². The average Bonchev–Trinajstić information content (AvgIpc) is 3.41. The number of rotatable bonds is 7. The van der Waals surface area contributed by atoms with Crippen LogP contribution in [0.15, 0.2) is 36.5 Å². The highest BCUT2D eigenvalue weighted by Crippen LogP contribution is 2.30. The smallest absolute Gasteiger partial charge is 0.347 e. The van der Waals surface area contributed by atoms with Crippen LogP contribution in [0.4, 0.5) is 5.13 Å². The molecule has 0 saturated carbocycles. The van der Waals surface area contributed by atoms with Gasteiger partial charge in [-0.25, -0.2) is 9.78 Å². The zero-order valence-corrected chi connectivity index (χ0v) is 20.0. The Balaban J connectivity index is 1.50. The molecule has 3 heterocycles. The molecule has 2 atom stereocenters. The molecule has 0 spiro atoms. The van der Waals surface area contributed by atoms with Gasteiger partial charge >= 0.3 is 5.97 Å². The lowest BCUT2D eigenvalue weighted by molar-refractivity contribution is 0.00967. The van der Waals surface area contributed by atoms with E-state index in [-0.39, 0.29) is 33.6 Å². The molecule has 1 amide bonds. The summed E-state index contributed by atoms with van der Waals surface area (Å²) >= 11 is 13.5. The summed E-state index contributed by atoms with van der Waals surface area (Å²) in [6.45, 7) is 3.15. The predicted octanol–water partition coefficient (Wildman–Crippen LogP) is 4.38. The molecule has 0 radical (unpaired) electrons. The number of carbonyl (C=O) groups excluding carboxylic acids is 1. The second kappa shape index (κ2) is 10.1. The Morgan fingerprint density at radius 3 is 2.70 bits per heavy atom. The van der Waals surface area contributed by atoms with Crippen LogP contribution in [-0.2, 0) is 11.3 Å². The van der Waals surface area contributed by atoms with Gasteiger partial charge in [-0.2, -0.15) is 0 Å². The van der Waals surface area contributed by atoms with Crippen LogP contribution < -0.4 is 10.2 Å². The maximum atomic E-state index is 12.9. The molecule has 0 unspecified atom stereocenters. The number of anilines is 1. The third kappa shape index (κ3) is 5.33. The summed E-state index contributed by atoms with van der Waals surface area (Å²) in [5.74, 6) is -1.36. The molecule has 174 valence electrons. The van der Waals surface area contributed by atoms with Gasteiger partial charge in [0.2, 0.25) is 0 Å². The van der Waals surface area contributed by atoms with Gasteiger partial charge in [-0.1, -0.05) is 64.9 Å². The highest BCUT2D eigenvalue weighted by Gasteiger charge is 2.33. The standard InChI is InChI=1S/C22H22Cl2N4O4S/c1-12-17(23)18(24)19(26-12)20(29)27-14-7-8-28(22-25-9-16(33-22)21(30)31)10-15(14)32-11-13-5-3-2-4-6-13/h2-6,9,14-15,26H,7-8,10-11H2,1H3,(H,27,29)(H,30,31)/t14-,15+/m1/s1. The van der Waals surface area contributed by atoms with Crippen molar-refractivity contribution in [2.24, 2.45) is 0 Å². The van der Waals surface area contributed by atoms with E-state index in [9.17, 15) is 14.7 Å². The topological polar surface area (TPSA) is 108 Å². The van der Waals surface area contributed by atoms with Gasteiger partial charge in [0.25, 0.3) is 5.91 Å². The Labute approximate surface area is 204 Å². The number of aromatic amines is 1. The van der Waals surface area contributed by atoms with Gasteiger partial charge in [0.05, 0.1) is 35.0 Å². The first-order chi connectivity index (χ1) is 15.8. The van der Waals surface area contributed by atoms with Crippen molar-refractivity contribution in [2.45, 2.75) is 32.1 Å². The Hall–Kier alpha value is -2.59. The number of halogens is 2. The first kappa shape index (κ1) is 23.6. The zero-order valence-electron chi connectivity index (χ0n) is 17.7. The van der Waals surface area contributed by atoms with Crippen molar-refractivity contribution in [3.63, 3.8) is 0 Å². The summed E-state index contributed by atoms with van der Waals surface area (Å²) in [5, 5.41) is 13.4. The molecule has 1 aliphatic heterocycles. The lowest BCUT2D eigenvalue weighted by Gasteiger charge is -2.38. The van der Waals surface area contributed by atoms with Crippen LogP contribution >= 0.6 is 34.5 Å². The molecular weight excluding hydrogens is 487 g/mol. The van der Waals surface area contributed by atoms with Crippen LogP contribution in [-0.4, -0.2) is 52.2 Å². The SMILES string of the molecule is Cc1[nH]c(C(=O)N[C@@H]2CCN(c3ncc(C(=O)O)s3)C[C@@H]2OCc2ccccc2)c(Cl)c1Cl. The van der Waals surface area contributed by atoms with Gasteiger partial charge in [0.1, 0.15) is 10.6 Å². The van der Waals surface area contributed by atoms with Gasteiger partial charge in [-0.15, -0.1) is 0 Å². The molecule has 1 saturated heterocycles. The first-order valence-corrected chi connectivity index (χ1v) is 11.8. The van der Waals surface area contributed by atoms with Gasteiger partial charge in [0, 0.05) is 18.8 Å². The molecule has 2 aromatic heterocycles. The number of carboxylic acid groups (broad SMARTS) is 1. The summed E-state index contributed by atoms with van der Waals surface area (Å²) in [6.07, 6.45) is 1.58. The number of aryl methyl sites for hydroxylation is 1. The average molecular weight is 509 g/mol. The molecule has 1 aliphatic rings. The molecule has 0 aliphatic carbocycles. The summed E-state index contributed by atoms with van der Waals surface area (Å²) in [6, 6.07) is 9.47. The summed E-state index contributed by atoms with van der Waals surface area (Å²) in [5.41, 5.74) is 1.85. The summed E-state index contributed by atoms with van der Waals surface area (Å²) < 4.78 is 6.22. The second-order valence-corrected chi connectivity index (χ2v) is 9.48. The van der Waals surface area contributed by atoms with E-state index < -0.39 is 5.97 Å². The quantitative estimate of drug-likeness (QED) is 0.437. The number of ether oxygens (including phenoxy) is 1. The number of nitrogens with zero attached hydrogens (tertiary/aromatic N) is 2. The molecule has 8 nitrogen and oxygen atoms in total. The Morgan fingerprint density at radius 1 is 1.30 bits per heavy atom. The number of carbonyl (C=O) groups is 2. The number of amides is 1. The number of aromatic carboxylic acids is 1. The number of carboxylic acids is 1. The third-order valence-electron chi connectivity index (χ3n) is 5.44. The molecule has 4 rings (SSSR count). The molecule has 3 aromatic rings. The van der Waals surface area contributed by atoms with E-state index >= 15 is 0 Å². The fourth-order valence-corrected chi connectivity index (χ4v) is 4.89. The molecule has 33 heavy (non-hydrogen) atoms. The number of benzene rings is 1. The van der Waals surface area contributed by atoms with Gasteiger partial charge in [-0.05, 0) is 18.9 Å². The Morgan fingerprint density at radius 2 is 2.06 bits per heavy atom. The Bertz CT molecular complexity index is 1150. The number of H-pyrrole nitrogens is 1. The van der Waals surface area contributed by atoms with Crippen LogP contribution in [0.5, 0.6) is 0 Å². The molecular formula is C22H22Cl2N4O4S. The molecule has 3 N–H and O–H groups in total. The van der Waals surface area contributed by atoms with Gasteiger partial charge in [-0.3, -0.25) is 4.79 Å². The number of piperidine rings is 1. The highest BCUT2D eigenvalue weighted by atomic mass is 35.5. The van der Waals surface area contributed by atoms with E-state index in [0.29, 0.717) is 42.0 Å². The molecule has 1 aromatic carbocycles. The molecule has 11 heteroatoms. The maximum absolute atomic E-state index is 12.9. The van der Waals surface area contributed by atoms with E-state index in [1.807, 2.05) is 35.2 Å². The van der Waals surface area contributed by atoms with Crippen molar-refractivity contribution < 1.29 is 19.4 Å². The maximum Gasteiger partial charge on any atom is 0.347 e. The van der Waals surface area contributed by atoms with Crippen LogP contribution in [0.2, 0.25) is 10.0 Å².